The van der Waals surface area contributed by atoms with Crippen LogP contribution in [0.3, 0.4) is 0 Å². The molecule has 2 amide bonds. The number of pyridine rings is 1. The number of fused-ring (bicyclic) bond motifs is 1. The molecule has 118 valence electrons. The van der Waals surface area contributed by atoms with Crippen LogP contribution in [0.1, 0.15) is 26.3 Å². The number of hydrogen-bond donors (Lipinski definition) is 1. The van der Waals surface area contributed by atoms with E-state index in [1.807, 2.05) is 0 Å². The van der Waals surface area contributed by atoms with Gasteiger partial charge in [0.15, 0.2) is 18.9 Å². The Morgan fingerprint density at radius 3 is 2.26 bits per heavy atom. The van der Waals surface area contributed by atoms with Crippen molar-refractivity contribution in [3.8, 4) is 0 Å². The van der Waals surface area contributed by atoms with Gasteiger partial charge in [0.05, 0.1) is 17.7 Å². The van der Waals surface area contributed by atoms with E-state index in [1.54, 1.807) is 47.2 Å². The maximum Gasteiger partial charge on any atom is 0.261 e. The molecule has 0 saturated heterocycles. The fraction of sp³-hybridized carbons (Fsp3) is 0.125. The molecule has 0 radical (unpaired) electrons. The molecule has 0 spiro atoms. The fourth-order valence-corrected chi connectivity index (χ4v) is 2.45. The Balaban J connectivity index is 0.00000192. The number of halogens is 1. The molecule has 23 heavy (non-hydrogen) atoms. The maximum absolute atomic E-state index is 12.2. The second-order valence-corrected chi connectivity index (χ2v) is 4.97. The van der Waals surface area contributed by atoms with E-state index < -0.39 is 5.90 Å². The van der Waals surface area contributed by atoms with Crippen LogP contribution >= 0.6 is 12.4 Å². The van der Waals surface area contributed by atoms with Gasteiger partial charge in [-0.3, -0.25) is 14.5 Å². The van der Waals surface area contributed by atoms with Gasteiger partial charge in [-0.15, -0.1) is 12.4 Å². The fourth-order valence-electron chi connectivity index (χ4n) is 2.45. The summed E-state index contributed by atoms with van der Waals surface area (Å²) in [5.41, 5.74) is 1.12. The lowest BCUT2D eigenvalue weighted by atomic mass is 10.1. The van der Waals surface area contributed by atoms with Gasteiger partial charge in [-0.2, -0.15) is 0 Å². The maximum atomic E-state index is 12.2. The van der Waals surface area contributed by atoms with Crippen molar-refractivity contribution in [3.05, 3.63) is 65.5 Å². The Morgan fingerprint density at radius 1 is 1.09 bits per heavy atom. The second-order valence-electron chi connectivity index (χ2n) is 4.97. The van der Waals surface area contributed by atoms with Crippen LogP contribution in [0.4, 0.5) is 0 Å². The third-order valence-corrected chi connectivity index (χ3v) is 3.58. The van der Waals surface area contributed by atoms with E-state index in [2.05, 4.69) is 0 Å². The van der Waals surface area contributed by atoms with Gasteiger partial charge in [0.1, 0.15) is 0 Å². The molecule has 1 aromatic heterocycles. The first-order valence-corrected chi connectivity index (χ1v) is 6.78. The van der Waals surface area contributed by atoms with E-state index in [0.29, 0.717) is 17.7 Å². The lowest BCUT2D eigenvalue weighted by Gasteiger charge is -2.12. The number of benzene rings is 1. The summed E-state index contributed by atoms with van der Waals surface area (Å²) in [6.07, 6.45) is 3.26. The zero-order valence-corrected chi connectivity index (χ0v) is 12.9. The lowest BCUT2D eigenvalue weighted by molar-refractivity contribution is -0.696. The summed E-state index contributed by atoms with van der Waals surface area (Å²) >= 11 is 0. The summed E-state index contributed by atoms with van der Waals surface area (Å²) in [7, 11) is 0. The number of carbonyl (C=O) groups excluding carboxylic acids is 2. The Kier molecular flexibility index (Phi) is 4.76. The Labute approximate surface area is 138 Å². The van der Waals surface area contributed by atoms with Gasteiger partial charge in [0, 0.05) is 11.6 Å². The first-order valence-electron chi connectivity index (χ1n) is 6.78. The smallest absolute Gasteiger partial charge is 0.261 e. The minimum Gasteiger partial charge on any atom is -0.859 e. The van der Waals surface area contributed by atoms with Crippen molar-refractivity contribution in [3.63, 3.8) is 0 Å². The highest BCUT2D eigenvalue weighted by molar-refractivity contribution is 6.21. The number of nitrogens with one attached hydrogen (secondary N) is 1. The largest absolute Gasteiger partial charge is 0.859 e. The van der Waals surface area contributed by atoms with Crippen molar-refractivity contribution in [2.24, 2.45) is 0 Å². The molecule has 1 aliphatic heterocycles. The molecule has 0 aliphatic carbocycles. The Bertz CT molecular complexity index is 757. The van der Waals surface area contributed by atoms with Gasteiger partial charge in [-0.25, -0.2) is 4.57 Å². The number of carbonyl (C=O) groups is 2. The molecule has 1 N–H and O–H groups in total. The summed E-state index contributed by atoms with van der Waals surface area (Å²) in [5, 5.41) is 18.1. The van der Waals surface area contributed by atoms with E-state index in [4.69, 9.17) is 5.41 Å². The average Bonchev–Trinajstić information content (AvgIpc) is 2.78. The quantitative estimate of drug-likeness (QED) is 0.380. The highest BCUT2D eigenvalue weighted by Crippen LogP contribution is 2.21. The molecule has 2 heterocycles. The predicted octanol–water partition coefficient (Wildman–Crippen LogP) is 0.378. The molecule has 2 aromatic rings. The van der Waals surface area contributed by atoms with Crippen molar-refractivity contribution in [2.45, 2.75) is 6.54 Å². The summed E-state index contributed by atoms with van der Waals surface area (Å²) < 4.78 is 1.69. The number of nitrogens with zero attached hydrogens (tertiary/aromatic N) is 2. The number of aromatic nitrogens is 1. The molecule has 0 fully saturated rings. The predicted molar refractivity (Wildman–Crippen MR) is 82.5 cm³/mol. The first kappa shape index (κ1) is 16.6. The lowest BCUT2D eigenvalue weighted by Crippen LogP contribution is -2.43. The average molecular weight is 332 g/mol. The van der Waals surface area contributed by atoms with Crippen molar-refractivity contribution < 1.29 is 19.3 Å². The number of hydrogen-bond acceptors (Lipinski definition) is 4. The molecule has 0 atom stereocenters. The van der Waals surface area contributed by atoms with Crippen LogP contribution in [0.2, 0.25) is 0 Å². The van der Waals surface area contributed by atoms with Gasteiger partial charge in [0.25, 0.3) is 11.8 Å². The van der Waals surface area contributed by atoms with Crippen LogP contribution in [0, 0.1) is 5.41 Å². The molecular formula is C16H14ClN3O3. The van der Waals surface area contributed by atoms with Crippen LogP contribution < -0.4 is 9.67 Å². The first-order chi connectivity index (χ1) is 10.6. The summed E-state index contributed by atoms with van der Waals surface area (Å²) in [6, 6.07) is 9.94. The van der Waals surface area contributed by atoms with E-state index in [0.717, 1.165) is 0 Å². The van der Waals surface area contributed by atoms with Crippen LogP contribution in [0.25, 0.3) is 0 Å². The summed E-state index contributed by atoms with van der Waals surface area (Å²) in [6.45, 7) is 0.583. The molecule has 0 saturated carbocycles. The summed E-state index contributed by atoms with van der Waals surface area (Å²) in [5.74, 6) is -1.36. The second kappa shape index (κ2) is 6.58. The normalized spacial score (nSPS) is 12.8. The SMILES string of the molecule is Cl.N=C([O-])c1ccc[n+](CCN2C(=O)c3ccccc3C2=O)c1. The monoisotopic (exact) mass is 331 g/mol. The molecule has 0 bridgehead atoms. The van der Waals surface area contributed by atoms with E-state index in [1.165, 1.54) is 11.1 Å². The van der Waals surface area contributed by atoms with Crippen LogP contribution in [0.15, 0.2) is 48.8 Å². The van der Waals surface area contributed by atoms with Crippen molar-refractivity contribution in [2.75, 3.05) is 6.54 Å². The van der Waals surface area contributed by atoms with Crippen LogP contribution in [0.5, 0.6) is 0 Å². The van der Waals surface area contributed by atoms with Gasteiger partial charge < -0.3 is 10.5 Å². The van der Waals surface area contributed by atoms with E-state index in [-0.39, 0.29) is 36.3 Å². The molecule has 6 nitrogen and oxygen atoms in total. The highest BCUT2D eigenvalue weighted by atomic mass is 35.5. The number of imide groups is 1. The molecule has 7 heteroatoms. The van der Waals surface area contributed by atoms with Crippen molar-refractivity contribution >= 4 is 30.1 Å². The van der Waals surface area contributed by atoms with Gasteiger partial charge >= 0.3 is 0 Å². The van der Waals surface area contributed by atoms with Gasteiger partial charge in [-0.1, -0.05) is 12.1 Å². The third-order valence-electron chi connectivity index (χ3n) is 3.58. The van der Waals surface area contributed by atoms with E-state index >= 15 is 0 Å². The highest BCUT2D eigenvalue weighted by Gasteiger charge is 2.35. The van der Waals surface area contributed by atoms with Crippen LogP contribution in [-0.2, 0) is 6.54 Å². The Hall–Kier alpha value is -2.73. The van der Waals surface area contributed by atoms with Gasteiger partial charge in [0.2, 0.25) is 0 Å². The van der Waals surface area contributed by atoms with Crippen LogP contribution in [-0.4, -0.2) is 29.2 Å². The minimum absolute atomic E-state index is 0. The third kappa shape index (κ3) is 3.07. The molecule has 3 rings (SSSR count). The zero-order valence-electron chi connectivity index (χ0n) is 12.1. The molecular weight excluding hydrogens is 318 g/mol. The van der Waals surface area contributed by atoms with Gasteiger partial charge in [-0.05, 0) is 24.1 Å². The van der Waals surface area contributed by atoms with Crippen molar-refractivity contribution in [1.82, 2.24) is 4.90 Å². The molecule has 1 aromatic carbocycles. The molecule has 0 unspecified atom stereocenters. The number of amides is 2. The number of rotatable bonds is 4. The standard InChI is InChI=1S/C16H13N3O3.ClH/c17-14(20)11-4-3-7-18(10-11)8-9-19-15(21)12-5-1-2-6-13(12)16(19)22;/h1-7,10H,8-9H2,(H-,17,20);1H. The Morgan fingerprint density at radius 2 is 1.70 bits per heavy atom. The molecule has 1 aliphatic rings. The minimum atomic E-state index is -0.768. The van der Waals surface area contributed by atoms with E-state index in [9.17, 15) is 14.7 Å². The topological polar surface area (TPSA) is 88.2 Å². The summed E-state index contributed by atoms with van der Waals surface area (Å²) in [4.78, 5) is 25.6. The van der Waals surface area contributed by atoms with Crippen molar-refractivity contribution in [1.29, 1.82) is 5.41 Å². The zero-order chi connectivity index (χ0) is 15.7.